The highest BCUT2D eigenvalue weighted by Crippen LogP contribution is 2.16. The van der Waals surface area contributed by atoms with E-state index in [1.165, 1.54) is 5.56 Å². The largest absolute Gasteiger partial charge is 0.856 e. The zero-order valence-corrected chi connectivity index (χ0v) is 14.8. The Morgan fingerprint density at radius 1 is 0.815 bits per heavy atom. The lowest BCUT2D eigenvalue weighted by atomic mass is 10.2. The number of benzene rings is 3. The summed E-state index contributed by atoms with van der Waals surface area (Å²) in [5.74, 6) is 0.596. The molecular weight excluding hydrogens is 334 g/mol. The summed E-state index contributed by atoms with van der Waals surface area (Å²) in [7, 11) is 0. The molecule has 0 atom stereocenters. The van der Waals surface area contributed by atoms with E-state index < -0.39 is 0 Å². The molecule has 4 nitrogen and oxygen atoms in total. The number of imidazole rings is 1. The Kier molecular flexibility index (Phi) is 4.79. The molecule has 0 fully saturated rings. The summed E-state index contributed by atoms with van der Waals surface area (Å²) < 4.78 is 3.76. The van der Waals surface area contributed by atoms with E-state index in [4.69, 9.17) is 0 Å². The molecular formula is C23H19N3O. The molecule has 0 unspecified atom stereocenters. The van der Waals surface area contributed by atoms with Gasteiger partial charge in [0.1, 0.15) is 12.7 Å². The molecule has 1 heterocycles. The van der Waals surface area contributed by atoms with Crippen LogP contribution in [0.4, 0.5) is 0 Å². The van der Waals surface area contributed by atoms with E-state index in [0.29, 0.717) is 12.1 Å². The first kappa shape index (κ1) is 16.8. The molecule has 132 valence electrons. The van der Waals surface area contributed by atoms with E-state index in [0.717, 1.165) is 11.4 Å². The monoisotopic (exact) mass is 353 g/mol. The molecule has 3 aromatic carbocycles. The lowest BCUT2D eigenvalue weighted by Crippen LogP contribution is -2.35. The van der Waals surface area contributed by atoms with Crippen molar-refractivity contribution in [2.24, 2.45) is 5.10 Å². The van der Waals surface area contributed by atoms with Crippen LogP contribution in [0, 0.1) is 0 Å². The fraction of sp³-hybridized carbons (Fsp3) is 0.0435. The van der Waals surface area contributed by atoms with E-state index in [1.807, 2.05) is 79.1 Å². The Morgan fingerprint density at radius 3 is 2.07 bits per heavy atom. The van der Waals surface area contributed by atoms with Crippen LogP contribution in [0.15, 0.2) is 108 Å². The first-order valence-corrected chi connectivity index (χ1v) is 8.83. The summed E-state index contributed by atoms with van der Waals surface area (Å²) in [6, 6.07) is 29.3. The maximum absolute atomic E-state index is 12.6. The van der Waals surface area contributed by atoms with Crippen LogP contribution in [0.2, 0.25) is 0 Å². The first-order chi connectivity index (χ1) is 13.3. The van der Waals surface area contributed by atoms with Gasteiger partial charge in [0.05, 0.1) is 5.56 Å². The van der Waals surface area contributed by atoms with Gasteiger partial charge in [-0.3, -0.25) is 0 Å². The zero-order valence-electron chi connectivity index (χ0n) is 14.8. The zero-order chi connectivity index (χ0) is 18.5. The van der Waals surface area contributed by atoms with Crippen molar-refractivity contribution in [3.05, 3.63) is 115 Å². The predicted octanol–water partition coefficient (Wildman–Crippen LogP) is 3.06. The average molecular weight is 353 g/mol. The fourth-order valence-electron chi connectivity index (χ4n) is 3.03. The van der Waals surface area contributed by atoms with Gasteiger partial charge in [-0.1, -0.05) is 84.0 Å². The highest BCUT2D eigenvalue weighted by molar-refractivity contribution is 5.90. The van der Waals surface area contributed by atoms with Gasteiger partial charge < -0.3 is 5.11 Å². The molecule has 0 aliphatic carbocycles. The van der Waals surface area contributed by atoms with Crippen molar-refractivity contribution < 1.29 is 9.67 Å². The number of hydrogen-bond donors (Lipinski definition) is 0. The Labute approximate surface area is 158 Å². The predicted molar refractivity (Wildman–Crippen MR) is 104 cm³/mol. The van der Waals surface area contributed by atoms with Gasteiger partial charge in [-0.2, -0.15) is 0 Å². The van der Waals surface area contributed by atoms with Gasteiger partial charge in [-0.15, -0.1) is 4.68 Å². The van der Waals surface area contributed by atoms with Crippen molar-refractivity contribution >= 4 is 5.90 Å². The summed E-state index contributed by atoms with van der Waals surface area (Å²) in [6.45, 7) is 0.702. The van der Waals surface area contributed by atoms with Crippen molar-refractivity contribution in [3.63, 3.8) is 0 Å². The normalized spacial score (nSPS) is 11.5. The molecule has 0 amide bonds. The highest BCUT2D eigenvalue weighted by Gasteiger charge is 2.19. The van der Waals surface area contributed by atoms with E-state index in [1.54, 1.807) is 16.8 Å². The van der Waals surface area contributed by atoms with Gasteiger partial charge in [0, 0.05) is 5.90 Å². The fourth-order valence-corrected chi connectivity index (χ4v) is 3.03. The van der Waals surface area contributed by atoms with Gasteiger partial charge in [0.2, 0.25) is 0 Å². The number of aromatic nitrogens is 2. The van der Waals surface area contributed by atoms with Gasteiger partial charge in [-0.05, 0) is 23.3 Å². The van der Waals surface area contributed by atoms with Crippen LogP contribution < -0.4 is 9.67 Å². The molecule has 0 saturated heterocycles. The molecule has 1 aromatic heterocycles. The van der Waals surface area contributed by atoms with Crippen LogP contribution in [0.3, 0.4) is 0 Å². The van der Waals surface area contributed by atoms with E-state index >= 15 is 0 Å². The van der Waals surface area contributed by atoms with Crippen molar-refractivity contribution in [1.29, 1.82) is 0 Å². The summed E-state index contributed by atoms with van der Waals surface area (Å²) in [5.41, 5.74) is 2.76. The third kappa shape index (κ3) is 3.80. The second kappa shape index (κ2) is 7.70. The molecule has 0 aliphatic heterocycles. The Hall–Kier alpha value is -3.66. The van der Waals surface area contributed by atoms with Crippen LogP contribution in [0.1, 0.15) is 11.1 Å². The first-order valence-electron chi connectivity index (χ1n) is 8.83. The van der Waals surface area contributed by atoms with Crippen molar-refractivity contribution in [3.8, 4) is 11.4 Å². The number of nitrogens with zero attached hydrogens (tertiary/aromatic N) is 3. The lowest BCUT2D eigenvalue weighted by molar-refractivity contribution is -0.676. The summed E-state index contributed by atoms with van der Waals surface area (Å²) in [5, 5.41) is 16.9. The number of hydrogen-bond acceptors (Lipinski definition) is 2. The standard InChI is InChI=1S/C23H19N3O/c27-22(20-12-6-2-7-13-20)24-26-17-16-25(18-19-10-4-1-5-11-19)23(26)21-14-8-3-9-15-21/h1-17H,18H2. The van der Waals surface area contributed by atoms with E-state index in [9.17, 15) is 5.11 Å². The molecule has 0 saturated carbocycles. The van der Waals surface area contributed by atoms with Gasteiger partial charge in [-0.25, -0.2) is 4.57 Å². The highest BCUT2D eigenvalue weighted by atomic mass is 16.3. The molecule has 4 rings (SSSR count). The van der Waals surface area contributed by atoms with Gasteiger partial charge in [0.15, 0.2) is 6.20 Å². The third-order valence-electron chi connectivity index (χ3n) is 4.32. The Balaban J connectivity index is 1.78. The lowest BCUT2D eigenvalue weighted by Gasteiger charge is -2.09. The summed E-state index contributed by atoms with van der Waals surface area (Å²) in [6.07, 6.45) is 3.78. The second-order valence-corrected chi connectivity index (χ2v) is 6.22. The minimum absolute atomic E-state index is 0.268. The van der Waals surface area contributed by atoms with Crippen LogP contribution in [-0.4, -0.2) is 10.6 Å². The van der Waals surface area contributed by atoms with Crippen LogP contribution in [0.25, 0.3) is 11.4 Å². The van der Waals surface area contributed by atoms with Crippen molar-refractivity contribution in [2.75, 3.05) is 0 Å². The molecule has 0 aliphatic rings. The molecule has 27 heavy (non-hydrogen) atoms. The smallest absolute Gasteiger partial charge is 0.314 e. The maximum atomic E-state index is 12.6. The molecule has 0 bridgehead atoms. The van der Waals surface area contributed by atoms with Crippen molar-refractivity contribution in [1.82, 2.24) is 4.68 Å². The van der Waals surface area contributed by atoms with Gasteiger partial charge >= 0.3 is 5.82 Å². The van der Waals surface area contributed by atoms with E-state index in [-0.39, 0.29) is 5.90 Å². The Morgan fingerprint density at radius 2 is 1.41 bits per heavy atom. The minimum atomic E-state index is -0.268. The van der Waals surface area contributed by atoms with E-state index in [2.05, 4.69) is 21.8 Å². The minimum Gasteiger partial charge on any atom is -0.856 e. The average Bonchev–Trinajstić information content (AvgIpc) is 3.12. The van der Waals surface area contributed by atoms with Gasteiger partial charge in [0.25, 0.3) is 0 Å². The summed E-state index contributed by atoms with van der Waals surface area (Å²) >= 11 is 0. The quantitative estimate of drug-likeness (QED) is 0.309. The van der Waals surface area contributed by atoms with Crippen LogP contribution in [0.5, 0.6) is 0 Å². The summed E-state index contributed by atoms with van der Waals surface area (Å²) in [4.78, 5) is 0. The van der Waals surface area contributed by atoms with Crippen LogP contribution >= 0.6 is 0 Å². The maximum Gasteiger partial charge on any atom is 0.314 e. The SMILES string of the molecule is [O-]/C(=N\n1cc[n+](Cc2ccccc2)c1-c1ccccc1)c1ccccc1. The van der Waals surface area contributed by atoms with Crippen LogP contribution in [-0.2, 0) is 6.54 Å². The number of rotatable bonds is 5. The second-order valence-electron chi connectivity index (χ2n) is 6.22. The molecule has 4 heteroatoms. The topological polar surface area (TPSA) is 44.2 Å². The molecule has 0 radical (unpaired) electrons. The van der Waals surface area contributed by atoms with Crippen molar-refractivity contribution in [2.45, 2.75) is 6.54 Å². The Bertz CT molecular complexity index is 1040. The molecule has 4 aromatic rings. The molecule has 0 N–H and O–H groups in total. The third-order valence-corrected chi connectivity index (χ3v) is 4.32. The molecule has 0 spiro atoms.